The third kappa shape index (κ3) is 8.12. The number of ether oxygens (including phenoxy) is 2. The van der Waals surface area contributed by atoms with Crippen molar-refractivity contribution in [1.82, 2.24) is 11.0 Å². The Morgan fingerprint density at radius 1 is 0.635 bits per heavy atom. The van der Waals surface area contributed by atoms with Crippen LogP contribution < -0.4 is 22.4 Å². The Labute approximate surface area is 310 Å². The lowest BCUT2D eigenvalue weighted by molar-refractivity contribution is -0.211. The molecule has 0 aliphatic heterocycles. The summed E-state index contributed by atoms with van der Waals surface area (Å²) in [5.74, 6) is -0.597. The number of hydroxylamine groups is 2. The molecular weight excluding hydrogens is 656 g/mol. The maximum atomic E-state index is 14.2. The van der Waals surface area contributed by atoms with E-state index < -0.39 is 23.1 Å². The fourth-order valence-electron chi connectivity index (χ4n) is 10.8. The van der Waals surface area contributed by atoms with Crippen molar-refractivity contribution in [3.8, 4) is 0 Å². The summed E-state index contributed by atoms with van der Waals surface area (Å²) >= 11 is 0. The summed E-state index contributed by atoms with van der Waals surface area (Å²) in [5.41, 5.74) is 17.9. The van der Waals surface area contributed by atoms with Crippen LogP contribution in [0.4, 0.5) is 0 Å². The zero-order chi connectivity index (χ0) is 36.7. The van der Waals surface area contributed by atoms with Crippen molar-refractivity contribution < 1.29 is 28.7 Å². The van der Waals surface area contributed by atoms with E-state index in [1.165, 1.54) is 11.1 Å². The summed E-state index contributed by atoms with van der Waals surface area (Å²) in [5, 5.41) is 0. The molecule has 4 fully saturated rings. The topological polar surface area (TPSA) is 147 Å². The van der Waals surface area contributed by atoms with Crippen LogP contribution in [-0.2, 0) is 41.6 Å². The summed E-state index contributed by atoms with van der Waals surface area (Å²) < 4.78 is 13.2. The second-order valence-electron chi connectivity index (χ2n) is 16.6. The van der Waals surface area contributed by atoms with E-state index in [9.17, 15) is 9.59 Å². The third-order valence-electron chi connectivity index (χ3n) is 13.8. The predicted molar refractivity (Wildman–Crippen MR) is 200 cm³/mol. The lowest BCUT2D eigenvalue weighted by atomic mass is 9.59. The number of nitrogens with two attached hydrogens (primary N) is 2. The first-order chi connectivity index (χ1) is 25.2. The maximum Gasteiger partial charge on any atom is 0.418 e. The van der Waals surface area contributed by atoms with Gasteiger partial charge < -0.3 is 30.6 Å². The van der Waals surface area contributed by atoms with Gasteiger partial charge in [-0.25, -0.2) is 20.5 Å². The monoisotopic (exact) mass is 718 g/mol. The predicted octanol–water partition coefficient (Wildman–Crippen LogP) is 5.43. The van der Waals surface area contributed by atoms with Crippen molar-refractivity contribution in [1.29, 1.82) is 0 Å². The van der Waals surface area contributed by atoms with Gasteiger partial charge in [-0.05, 0) is 112 Å². The van der Waals surface area contributed by atoms with Crippen molar-refractivity contribution in [3.05, 3.63) is 71.8 Å². The van der Waals surface area contributed by atoms with Crippen molar-refractivity contribution in [2.45, 2.75) is 102 Å². The number of rotatable bonds is 16. The first-order valence-corrected chi connectivity index (χ1v) is 19.8. The molecule has 0 amide bonds. The number of nitrogens with one attached hydrogen (secondary N) is 2. The summed E-state index contributed by atoms with van der Waals surface area (Å²) in [7, 11) is 0. The van der Waals surface area contributed by atoms with Gasteiger partial charge in [0.15, 0.2) is 0 Å². The average molecular weight is 719 g/mol. The zero-order valence-corrected chi connectivity index (χ0v) is 31.4. The van der Waals surface area contributed by atoms with Gasteiger partial charge in [0, 0.05) is 37.0 Å². The van der Waals surface area contributed by atoms with Crippen LogP contribution in [0.2, 0.25) is 0 Å². The van der Waals surface area contributed by atoms with Gasteiger partial charge in [0.05, 0.1) is 13.2 Å². The van der Waals surface area contributed by atoms with Gasteiger partial charge in [0.2, 0.25) is 0 Å². The van der Waals surface area contributed by atoms with Gasteiger partial charge in [0.1, 0.15) is 11.2 Å². The van der Waals surface area contributed by atoms with Gasteiger partial charge in [0.25, 0.3) is 0 Å². The van der Waals surface area contributed by atoms with Crippen LogP contribution in [0, 0.1) is 34.5 Å². The van der Waals surface area contributed by atoms with Crippen LogP contribution in [0.1, 0.15) is 89.2 Å². The van der Waals surface area contributed by atoms with E-state index in [0.717, 1.165) is 64.2 Å². The number of benzene rings is 2. The molecule has 0 spiro atoms. The number of carbonyl (C=O) groups is 2. The molecule has 0 unspecified atom stereocenters. The van der Waals surface area contributed by atoms with Crippen molar-refractivity contribution >= 4 is 11.9 Å². The number of hydrogen-bond acceptors (Lipinski definition) is 10. The summed E-state index contributed by atoms with van der Waals surface area (Å²) in [4.78, 5) is 39.6. The number of hydrogen-bond donors (Lipinski definition) is 4. The van der Waals surface area contributed by atoms with Crippen LogP contribution in [0.25, 0.3) is 0 Å². The SMILES string of the molecule is C[C@]12CC[C@H](Cc3ccccc3)C[C@@]1(OC(=O)C(=O)O[C@]13CC[C@H](CNOCCN)[C@@]1(C)CC[C@H](Cc1ccccc1)C3)CC[C@@H]2CNOCCN. The highest BCUT2D eigenvalue weighted by Crippen LogP contribution is 2.63. The molecule has 0 saturated heterocycles. The van der Waals surface area contributed by atoms with Crippen LogP contribution in [0.15, 0.2) is 60.7 Å². The second-order valence-corrected chi connectivity index (χ2v) is 16.6. The van der Waals surface area contributed by atoms with E-state index in [1.807, 2.05) is 12.1 Å². The van der Waals surface area contributed by atoms with Crippen LogP contribution >= 0.6 is 0 Å². The summed E-state index contributed by atoms with van der Waals surface area (Å²) in [6, 6.07) is 21.0. The molecule has 0 bridgehead atoms. The lowest BCUT2D eigenvalue weighted by Gasteiger charge is -2.52. The zero-order valence-electron chi connectivity index (χ0n) is 31.4. The minimum Gasteiger partial charge on any atom is -0.450 e. The quantitative estimate of drug-likeness (QED) is 0.0767. The first kappa shape index (κ1) is 38.9. The highest BCUT2D eigenvalue weighted by molar-refractivity contribution is 6.30. The standard InChI is InChI=1S/C42H62N4O6/c1-39-17-13-33(25-31-9-5-3-6-10-31)27-41(39,19-15-35(39)29-45-49-23-21-43)51-37(47)38(48)52-42-20-16-36(30-46-50-24-22-44)40(42,2)18-14-34(28-42)26-32-11-7-4-8-12-32/h3-12,33-36,45-46H,13-30,43-44H2,1-2H3/t33-,34-,35-,36-,39-,40-,41+,42+/m1/s1. The molecule has 6 N–H and O–H groups in total. The summed E-state index contributed by atoms with van der Waals surface area (Å²) in [6.07, 6.45) is 10.3. The minimum absolute atomic E-state index is 0.218. The Hall–Kier alpha value is -2.86. The maximum absolute atomic E-state index is 14.2. The number of carbonyl (C=O) groups excluding carboxylic acids is 2. The van der Waals surface area contributed by atoms with E-state index in [-0.39, 0.29) is 22.7 Å². The normalized spacial score (nSPS) is 34.0. The molecule has 52 heavy (non-hydrogen) atoms. The molecule has 0 heterocycles. The smallest absolute Gasteiger partial charge is 0.418 e. The van der Waals surface area contributed by atoms with E-state index in [1.54, 1.807) is 0 Å². The molecule has 6 rings (SSSR count). The van der Waals surface area contributed by atoms with E-state index in [0.29, 0.717) is 64.1 Å². The van der Waals surface area contributed by atoms with Gasteiger partial charge >= 0.3 is 11.9 Å². The number of fused-ring (bicyclic) bond motifs is 2. The molecule has 8 atom stereocenters. The Morgan fingerprint density at radius 2 is 1.04 bits per heavy atom. The highest BCUT2D eigenvalue weighted by atomic mass is 16.6. The molecule has 0 aromatic heterocycles. The van der Waals surface area contributed by atoms with Crippen molar-refractivity contribution in [3.63, 3.8) is 0 Å². The highest BCUT2D eigenvalue weighted by Gasteiger charge is 2.64. The van der Waals surface area contributed by atoms with Crippen LogP contribution in [0.5, 0.6) is 0 Å². The summed E-state index contributed by atoms with van der Waals surface area (Å²) in [6.45, 7) is 7.51. The molecule has 286 valence electrons. The van der Waals surface area contributed by atoms with Crippen molar-refractivity contribution in [2.75, 3.05) is 39.4 Å². The van der Waals surface area contributed by atoms with E-state index in [4.69, 9.17) is 30.6 Å². The number of esters is 2. The first-order valence-electron chi connectivity index (χ1n) is 19.8. The van der Waals surface area contributed by atoms with Gasteiger partial charge in [-0.15, -0.1) is 0 Å². The third-order valence-corrected chi connectivity index (χ3v) is 13.8. The fourth-order valence-corrected chi connectivity index (χ4v) is 10.8. The molecule has 4 aliphatic carbocycles. The Morgan fingerprint density at radius 3 is 1.42 bits per heavy atom. The largest absolute Gasteiger partial charge is 0.450 e. The van der Waals surface area contributed by atoms with Crippen molar-refractivity contribution in [2.24, 2.45) is 46.0 Å². The molecule has 4 saturated carbocycles. The Kier molecular flexibility index (Phi) is 12.8. The molecular formula is C42H62N4O6. The van der Waals surface area contributed by atoms with Crippen LogP contribution in [0.3, 0.4) is 0 Å². The average Bonchev–Trinajstić information content (AvgIpc) is 3.58. The Balaban J connectivity index is 1.21. The van der Waals surface area contributed by atoms with E-state index >= 15 is 0 Å². The van der Waals surface area contributed by atoms with Gasteiger partial charge in [-0.2, -0.15) is 0 Å². The molecule has 2 aromatic carbocycles. The van der Waals surface area contributed by atoms with Gasteiger partial charge in [-0.1, -0.05) is 74.5 Å². The Bertz CT molecular complexity index is 1360. The minimum atomic E-state index is -0.852. The lowest BCUT2D eigenvalue weighted by Crippen LogP contribution is -2.57. The van der Waals surface area contributed by atoms with Gasteiger partial charge in [-0.3, -0.25) is 0 Å². The fraction of sp³-hybridized carbons (Fsp3) is 0.667. The van der Waals surface area contributed by atoms with E-state index in [2.05, 4.69) is 73.3 Å². The van der Waals surface area contributed by atoms with Crippen LogP contribution in [-0.4, -0.2) is 62.5 Å². The second kappa shape index (κ2) is 17.1. The molecule has 10 nitrogen and oxygen atoms in total. The molecule has 4 aliphatic rings. The molecule has 2 aromatic rings. The molecule has 10 heteroatoms. The molecule has 0 radical (unpaired) electrons.